The standard InChI is InChI=1S/C18H15NO/c1-18(15-8-6-13(12-19)7-9-15)11-10-14-4-2-3-5-16(14)17(18)20/h2-9H,10-11H2,1H3. The van der Waals surface area contributed by atoms with Crippen molar-refractivity contribution < 1.29 is 4.79 Å². The smallest absolute Gasteiger partial charge is 0.173 e. The van der Waals surface area contributed by atoms with E-state index < -0.39 is 5.41 Å². The Morgan fingerprint density at radius 3 is 2.50 bits per heavy atom. The van der Waals surface area contributed by atoms with E-state index >= 15 is 0 Å². The normalized spacial score (nSPS) is 21.1. The number of nitrogens with zero attached hydrogens (tertiary/aromatic N) is 1. The van der Waals surface area contributed by atoms with Crippen LogP contribution in [0.4, 0.5) is 0 Å². The van der Waals surface area contributed by atoms with Crippen molar-refractivity contribution in [3.63, 3.8) is 0 Å². The zero-order valence-corrected chi connectivity index (χ0v) is 11.4. The van der Waals surface area contributed by atoms with Crippen molar-refractivity contribution in [2.45, 2.75) is 25.2 Å². The highest BCUT2D eigenvalue weighted by Crippen LogP contribution is 2.38. The van der Waals surface area contributed by atoms with Gasteiger partial charge in [-0.3, -0.25) is 4.79 Å². The Labute approximate surface area is 118 Å². The molecule has 1 unspecified atom stereocenters. The SMILES string of the molecule is CC1(c2ccc(C#N)cc2)CCc2ccccc2C1=O. The lowest BCUT2D eigenvalue weighted by Gasteiger charge is -2.33. The number of carbonyl (C=O) groups excluding carboxylic acids is 1. The lowest BCUT2D eigenvalue weighted by molar-refractivity contribution is 0.0875. The molecule has 2 aromatic rings. The molecule has 0 saturated carbocycles. The fourth-order valence-electron chi connectivity index (χ4n) is 2.94. The van der Waals surface area contributed by atoms with Gasteiger partial charge < -0.3 is 0 Å². The molecule has 1 atom stereocenters. The summed E-state index contributed by atoms with van der Waals surface area (Å²) in [5.41, 5.74) is 3.12. The van der Waals surface area contributed by atoms with Crippen LogP contribution < -0.4 is 0 Å². The van der Waals surface area contributed by atoms with Gasteiger partial charge in [0.2, 0.25) is 0 Å². The first-order valence-corrected chi connectivity index (χ1v) is 6.78. The van der Waals surface area contributed by atoms with Gasteiger partial charge in [-0.25, -0.2) is 0 Å². The summed E-state index contributed by atoms with van der Waals surface area (Å²) in [4.78, 5) is 12.8. The Morgan fingerprint density at radius 1 is 1.10 bits per heavy atom. The lowest BCUT2D eigenvalue weighted by Crippen LogP contribution is -2.37. The fraction of sp³-hybridized carbons (Fsp3) is 0.222. The van der Waals surface area contributed by atoms with Crippen molar-refractivity contribution in [3.05, 3.63) is 70.8 Å². The number of ketones is 1. The Kier molecular flexibility index (Phi) is 2.91. The Morgan fingerprint density at radius 2 is 1.80 bits per heavy atom. The van der Waals surface area contributed by atoms with Gasteiger partial charge in [0, 0.05) is 5.56 Å². The van der Waals surface area contributed by atoms with E-state index in [1.54, 1.807) is 12.1 Å². The van der Waals surface area contributed by atoms with E-state index in [1.807, 2.05) is 43.3 Å². The molecule has 0 amide bonds. The molecule has 98 valence electrons. The van der Waals surface area contributed by atoms with Crippen molar-refractivity contribution in [2.24, 2.45) is 0 Å². The molecule has 0 radical (unpaired) electrons. The minimum atomic E-state index is -0.484. The quantitative estimate of drug-likeness (QED) is 0.786. The maximum absolute atomic E-state index is 12.8. The highest BCUT2D eigenvalue weighted by atomic mass is 16.1. The topological polar surface area (TPSA) is 40.9 Å². The molecule has 0 bridgehead atoms. The summed E-state index contributed by atoms with van der Waals surface area (Å²) >= 11 is 0. The molecule has 0 spiro atoms. The van der Waals surface area contributed by atoms with Crippen LogP contribution in [-0.2, 0) is 11.8 Å². The summed E-state index contributed by atoms with van der Waals surface area (Å²) in [6, 6.07) is 17.3. The highest BCUT2D eigenvalue weighted by Gasteiger charge is 2.39. The molecular weight excluding hydrogens is 246 g/mol. The second-order valence-electron chi connectivity index (χ2n) is 5.51. The number of aryl methyl sites for hydroxylation is 1. The van der Waals surface area contributed by atoms with Crippen LogP contribution in [0.15, 0.2) is 48.5 Å². The van der Waals surface area contributed by atoms with Gasteiger partial charge >= 0.3 is 0 Å². The van der Waals surface area contributed by atoms with Gasteiger partial charge in [0.15, 0.2) is 5.78 Å². The third-order valence-electron chi connectivity index (χ3n) is 4.31. The number of Topliss-reactive ketones (excluding diaryl/α,β-unsaturated/α-hetero) is 1. The summed E-state index contributed by atoms with van der Waals surface area (Å²) in [6.45, 7) is 2.01. The molecular formula is C18H15NO. The molecule has 0 saturated heterocycles. The summed E-state index contributed by atoms with van der Waals surface area (Å²) in [7, 11) is 0. The average Bonchev–Trinajstić information content (AvgIpc) is 2.51. The second kappa shape index (κ2) is 4.61. The molecule has 0 fully saturated rings. The largest absolute Gasteiger partial charge is 0.293 e. The van der Waals surface area contributed by atoms with E-state index in [4.69, 9.17) is 5.26 Å². The molecule has 1 aliphatic rings. The van der Waals surface area contributed by atoms with Crippen LogP contribution in [0.25, 0.3) is 0 Å². The molecule has 0 N–H and O–H groups in total. The fourth-order valence-corrected chi connectivity index (χ4v) is 2.94. The van der Waals surface area contributed by atoms with Crippen LogP contribution in [0.3, 0.4) is 0 Å². The predicted octanol–water partition coefficient (Wildman–Crippen LogP) is 3.65. The highest BCUT2D eigenvalue weighted by molar-refractivity contribution is 6.06. The average molecular weight is 261 g/mol. The lowest BCUT2D eigenvalue weighted by atomic mass is 9.68. The molecule has 2 aromatic carbocycles. The number of rotatable bonds is 1. The van der Waals surface area contributed by atoms with E-state index in [2.05, 4.69) is 6.07 Å². The first-order chi connectivity index (χ1) is 9.65. The number of hydrogen-bond donors (Lipinski definition) is 0. The van der Waals surface area contributed by atoms with Crippen LogP contribution in [-0.4, -0.2) is 5.78 Å². The maximum atomic E-state index is 12.8. The van der Waals surface area contributed by atoms with Gasteiger partial charge in [0.05, 0.1) is 17.0 Å². The van der Waals surface area contributed by atoms with Crippen LogP contribution in [0.2, 0.25) is 0 Å². The number of benzene rings is 2. The third kappa shape index (κ3) is 1.83. The molecule has 1 aliphatic carbocycles. The summed E-state index contributed by atoms with van der Waals surface area (Å²) < 4.78 is 0. The van der Waals surface area contributed by atoms with Crippen molar-refractivity contribution in [3.8, 4) is 6.07 Å². The van der Waals surface area contributed by atoms with Gasteiger partial charge in [0.1, 0.15) is 0 Å². The zero-order valence-electron chi connectivity index (χ0n) is 11.4. The van der Waals surface area contributed by atoms with Gasteiger partial charge in [-0.05, 0) is 43.0 Å². The number of hydrogen-bond acceptors (Lipinski definition) is 2. The summed E-state index contributed by atoms with van der Waals surface area (Å²) in [5.74, 6) is 0.184. The van der Waals surface area contributed by atoms with E-state index in [9.17, 15) is 4.79 Å². The molecule has 2 nitrogen and oxygen atoms in total. The Balaban J connectivity index is 2.05. The minimum absolute atomic E-state index is 0.184. The van der Waals surface area contributed by atoms with Crippen molar-refractivity contribution in [1.29, 1.82) is 5.26 Å². The Bertz CT molecular complexity index is 709. The molecule has 0 heterocycles. The van der Waals surface area contributed by atoms with E-state index in [0.717, 1.165) is 29.5 Å². The van der Waals surface area contributed by atoms with Crippen molar-refractivity contribution in [2.75, 3.05) is 0 Å². The van der Waals surface area contributed by atoms with Crippen molar-refractivity contribution >= 4 is 5.78 Å². The van der Waals surface area contributed by atoms with Crippen LogP contribution in [0.5, 0.6) is 0 Å². The maximum Gasteiger partial charge on any atom is 0.173 e. The van der Waals surface area contributed by atoms with E-state index in [-0.39, 0.29) is 5.78 Å². The van der Waals surface area contributed by atoms with Crippen LogP contribution in [0, 0.1) is 11.3 Å². The Hall–Kier alpha value is -2.40. The van der Waals surface area contributed by atoms with Gasteiger partial charge in [-0.15, -0.1) is 0 Å². The molecule has 3 rings (SSSR count). The molecule has 0 aliphatic heterocycles. The van der Waals surface area contributed by atoms with Crippen LogP contribution >= 0.6 is 0 Å². The third-order valence-corrected chi connectivity index (χ3v) is 4.31. The molecule has 2 heteroatoms. The predicted molar refractivity (Wildman–Crippen MR) is 77.6 cm³/mol. The zero-order chi connectivity index (χ0) is 14.2. The molecule has 0 aromatic heterocycles. The summed E-state index contributed by atoms with van der Waals surface area (Å²) in [6.07, 6.45) is 1.73. The second-order valence-corrected chi connectivity index (χ2v) is 5.51. The van der Waals surface area contributed by atoms with E-state index in [0.29, 0.717) is 5.56 Å². The molecule has 20 heavy (non-hydrogen) atoms. The van der Waals surface area contributed by atoms with Crippen molar-refractivity contribution in [1.82, 2.24) is 0 Å². The first-order valence-electron chi connectivity index (χ1n) is 6.78. The first kappa shape index (κ1) is 12.6. The van der Waals surface area contributed by atoms with E-state index in [1.165, 1.54) is 0 Å². The number of fused-ring (bicyclic) bond motifs is 1. The number of carbonyl (C=O) groups is 1. The van der Waals surface area contributed by atoms with Gasteiger partial charge in [0.25, 0.3) is 0 Å². The number of nitriles is 1. The minimum Gasteiger partial charge on any atom is -0.293 e. The van der Waals surface area contributed by atoms with Gasteiger partial charge in [-0.2, -0.15) is 5.26 Å². The summed E-state index contributed by atoms with van der Waals surface area (Å²) in [5, 5.41) is 8.87. The monoisotopic (exact) mass is 261 g/mol. The van der Waals surface area contributed by atoms with Crippen LogP contribution in [0.1, 0.15) is 40.4 Å². The van der Waals surface area contributed by atoms with Gasteiger partial charge in [-0.1, -0.05) is 36.4 Å².